The monoisotopic (exact) mass is 400 g/mol. The molecule has 134 valence electrons. The van der Waals surface area contributed by atoms with Crippen LogP contribution in [-0.4, -0.2) is 53.5 Å². The van der Waals surface area contributed by atoms with E-state index in [0.717, 1.165) is 19.3 Å². The molecule has 0 spiro atoms. The van der Waals surface area contributed by atoms with Gasteiger partial charge in [-0.05, 0) is 33.1 Å². The SMILES string of the molecule is CCCO.CCCO.CCCO.CCOC(=O)CC(C)=O.[Zr]. The molecular formula is C15H34O6Zr. The van der Waals surface area contributed by atoms with Crippen molar-refractivity contribution >= 4 is 11.8 Å². The Kier molecular flexibility index (Phi) is 56.8. The number of rotatable bonds is 6. The van der Waals surface area contributed by atoms with Gasteiger partial charge in [0, 0.05) is 46.0 Å². The third-order valence-electron chi connectivity index (χ3n) is 1.37. The van der Waals surface area contributed by atoms with E-state index in [1.165, 1.54) is 6.92 Å². The molecule has 22 heavy (non-hydrogen) atoms. The van der Waals surface area contributed by atoms with E-state index >= 15 is 0 Å². The van der Waals surface area contributed by atoms with Gasteiger partial charge in [-0.1, -0.05) is 20.8 Å². The molecule has 0 aromatic rings. The first-order valence-electron chi connectivity index (χ1n) is 7.39. The summed E-state index contributed by atoms with van der Waals surface area (Å²) < 4.78 is 4.49. The first kappa shape index (κ1) is 33.5. The van der Waals surface area contributed by atoms with Crippen LogP contribution in [0.25, 0.3) is 0 Å². The topological polar surface area (TPSA) is 104 Å². The van der Waals surface area contributed by atoms with Crippen LogP contribution in [0.15, 0.2) is 0 Å². The number of ketones is 1. The molecule has 0 aliphatic rings. The van der Waals surface area contributed by atoms with Crippen molar-refractivity contribution in [2.75, 3.05) is 26.4 Å². The zero-order chi connectivity index (χ0) is 17.5. The smallest absolute Gasteiger partial charge is 0.313 e. The number of carbonyl (C=O) groups excluding carboxylic acids is 2. The van der Waals surface area contributed by atoms with E-state index in [0.29, 0.717) is 26.4 Å². The molecule has 3 N–H and O–H groups in total. The average molecular weight is 402 g/mol. The molecule has 0 amide bonds. The molecule has 0 unspecified atom stereocenters. The average Bonchev–Trinajstić information content (AvgIpc) is 2.47. The van der Waals surface area contributed by atoms with Crippen LogP contribution in [0.1, 0.15) is 60.3 Å². The van der Waals surface area contributed by atoms with Gasteiger partial charge in [0.1, 0.15) is 12.2 Å². The number of aliphatic hydroxyl groups is 3. The third-order valence-corrected chi connectivity index (χ3v) is 1.37. The molecule has 0 rings (SSSR count). The molecule has 6 nitrogen and oxygen atoms in total. The molecule has 0 saturated heterocycles. The number of ether oxygens (including phenoxy) is 1. The maximum atomic E-state index is 10.4. The van der Waals surface area contributed by atoms with Crippen molar-refractivity contribution in [3.63, 3.8) is 0 Å². The molecule has 0 radical (unpaired) electrons. The van der Waals surface area contributed by atoms with Crippen LogP contribution < -0.4 is 0 Å². The van der Waals surface area contributed by atoms with Crippen LogP contribution >= 0.6 is 0 Å². The number of hydrogen-bond acceptors (Lipinski definition) is 6. The van der Waals surface area contributed by atoms with Crippen LogP contribution in [0.3, 0.4) is 0 Å². The Bertz CT molecular complexity index is 185. The summed E-state index contributed by atoms with van der Waals surface area (Å²) >= 11 is 0. The second kappa shape index (κ2) is 37.3. The second-order valence-corrected chi connectivity index (χ2v) is 3.85. The molecule has 0 aliphatic heterocycles. The fraction of sp³-hybridized carbons (Fsp3) is 0.867. The Morgan fingerprint density at radius 3 is 1.23 bits per heavy atom. The van der Waals surface area contributed by atoms with E-state index in [9.17, 15) is 9.59 Å². The zero-order valence-corrected chi connectivity index (χ0v) is 17.2. The largest absolute Gasteiger partial charge is 0.466 e. The summed E-state index contributed by atoms with van der Waals surface area (Å²) in [5.41, 5.74) is 0. The van der Waals surface area contributed by atoms with Crippen molar-refractivity contribution in [2.24, 2.45) is 0 Å². The fourth-order valence-electron chi connectivity index (χ4n) is 0.415. The standard InChI is InChI=1S/C6H10O3.3C3H8O.Zr/c1-3-9-6(8)4-5(2)7;3*1-2-3-4;/h3-4H2,1-2H3;3*4H,2-3H2,1H3;. The van der Waals surface area contributed by atoms with Crippen molar-refractivity contribution in [3.05, 3.63) is 0 Å². The molecule has 0 fully saturated rings. The van der Waals surface area contributed by atoms with E-state index in [1.54, 1.807) is 6.92 Å². The van der Waals surface area contributed by atoms with Crippen LogP contribution in [0.2, 0.25) is 0 Å². The van der Waals surface area contributed by atoms with Gasteiger partial charge in [0.05, 0.1) is 6.61 Å². The molecule has 0 aliphatic carbocycles. The first-order valence-corrected chi connectivity index (χ1v) is 7.39. The van der Waals surface area contributed by atoms with Gasteiger partial charge in [-0.25, -0.2) is 0 Å². The van der Waals surface area contributed by atoms with Gasteiger partial charge >= 0.3 is 5.97 Å². The van der Waals surface area contributed by atoms with E-state index in [4.69, 9.17) is 15.3 Å². The van der Waals surface area contributed by atoms with Crippen LogP contribution in [0.5, 0.6) is 0 Å². The number of Topliss-reactive ketones (excluding diaryl/α,β-unsaturated/α-hetero) is 1. The van der Waals surface area contributed by atoms with Crippen molar-refractivity contribution in [1.82, 2.24) is 0 Å². The Balaban J connectivity index is -0.0000000632. The Labute approximate surface area is 154 Å². The minimum atomic E-state index is -0.440. The van der Waals surface area contributed by atoms with E-state index < -0.39 is 5.97 Å². The van der Waals surface area contributed by atoms with Crippen molar-refractivity contribution in [2.45, 2.75) is 60.3 Å². The number of carbonyl (C=O) groups is 2. The minimum Gasteiger partial charge on any atom is -0.466 e. The maximum absolute atomic E-state index is 10.4. The normalized spacial score (nSPS) is 7.64. The van der Waals surface area contributed by atoms with Gasteiger partial charge < -0.3 is 20.1 Å². The van der Waals surface area contributed by atoms with Gasteiger partial charge in [0.2, 0.25) is 0 Å². The quantitative estimate of drug-likeness (QED) is 0.462. The van der Waals surface area contributed by atoms with Gasteiger partial charge in [0.25, 0.3) is 0 Å². The first-order chi connectivity index (χ1) is 9.91. The number of esters is 1. The van der Waals surface area contributed by atoms with E-state index in [-0.39, 0.29) is 38.4 Å². The Morgan fingerprint density at radius 2 is 1.09 bits per heavy atom. The molecule has 7 heteroatoms. The summed E-state index contributed by atoms with van der Waals surface area (Å²) in [6.07, 6.45) is 2.52. The second-order valence-electron chi connectivity index (χ2n) is 3.85. The summed E-state index contributed by atoms with van der Waals surface area (Å²) in [5, 5.41) is 23.6. The summed E-state index contributed by atoms with van der Waals surface area (Å²) in [4.78, 5) is 20.6. The molecule has 0 bridgehead atoms. The van der Waals surface area contributed by atoms with Crippen molar-refractivity contribution < 1.29 is 55.8 Å². The fourth-order valence-corrected chi connectivity index (χ4v) is 0.415. The van der Waals surface area contributed by atoms with Crippen LogP contribution in [0, 0.1) is 0 Å². The van der Waals surface area contributed by atoms with Crippen molar-refractivity contribution in [1.29, 1.82) is 0 Å². The molecule has 0 atom stereocenters. The third kappa shape index (κ3) is 72.5. The van der Waals surface area contributed by atoms with Gasteiger partial charge in [-0.3, -0.25) is 9.59 Å². The summed E-state index contributed by atoms with van der Waals surface area (Å²) in [7, 11) is 0. The van der Waals surface area contributed by atoms with Crippen LogP contribution in [0.4, 0.5) is 0 Å². The predicted octanol–water partition coefficient (Wildman–Crippen LogP) is 1.69. The molecular weight excluding hydrogens is 367 g/mol. The Morgan fingerprint density at radius 1 is 0.818 bits per heavy atom. The molecule has 0 heterocycles. The number of hydrogen-bond donors (Lipinski definition) is 3. The zero-order valence-electron chi connectivity index (χ0n) is 14.7. The maximum Gasteiger partial charge on any atom is 0.313 e. The predicted molar refractivity (Wildman–Crippen MR) is 84.1 cm³/mol. The molecule has 0 saturated carbocycles. The van der Waals surface area contributed by atoms with Gasteiger partial charge in [0.15, 0.2) is 0 Å². The minimum absolute atomic E-state index is 0. The van der Waals surface area contributed by atoms with E-state index in [1.807, 2.05) is 20.8 Å². The summed E-state index contributed by atoms with van der Waals surface area (Å²) in [6, 6.07) is 0. The molecule has 0 aromatic carbocycles. The molecule has 0 aromatic heterocycles. The Hall–Kier alpha value is -0.0969. The van der Waals surface area contributed by atoms with Crippen LogP contribution in [-0.2, 0) is 40.5 Å². The van der Waals surface area contributed by atoms with E-state index in [2.05, 4.69) is 4.74 Å². The summed E-state index contributed by atoms with van der Waals surface area (Å²) in [5.74, 6) is -0.599. The van der Waals surface area contributed by atoms with Gasteiger partial charge in [-0.2, -0.15) is 0 Å². The van der Waals surface area contributed by atoms with Gasteiger partial charge in [-0.15, -0.1) is 0 Å². The van der Waals surface area contributed by atoms with Crippen molar-refractivity contribution in [3.8, 4) is 0 Å². The summed E-state index contributed by atoms with van der Waals surface area (Å²) in [6.45, 7) is 10.2. The number of aliphatic hydroxyl groups excluding tert-OH is 3.